The van der Waals surface area contributed by atoms with Crippen LogP contribution in [0.3, 0.4) is 0 Å². The Bertz CT molecular complexity index is 191. The molecule has 58 valence electrons. The summed E-state index contributed by atoms with van der Waals surface area (Å²) in [6.45, 7) is 4.98. The lowest BCUT2D eigenvalue weighted by molar-refractivity contribution is 0.270. The van der Waals surface area contributed by atoms with Gasteiger partial charge in [-0.25, -0.2) is 0 Å². The summed E-state index contributed by atoms with van der Waals surface area (Å²) in [6.07, 6.45) is 0. The van der Waals surface area contributed by atoms with Gasteiger partial charge in [-0.05, 0) is 18.1 Å². The first-order valence-electron chi connectivity index (χ1n) is 3.80. The van der Waals surface area contributed by atoms with Crippen LogP contribution in [0.15, 0.2) is 18.2 Å². The molecule has 0 spiro atoms. The molecule has 1 heteroatoms. The van der Waals surface area contributed by atoms with Crippen LogP contribution in [0.5, 0.6) is 5.75 Å². The van der Waals surface area contributed by atoms with Crippen LogP contribution in [-0.4, -0.2) is 6.61 Å². The van der Waals surface area contributed by atoms with Gasteiger partial charge < -0.3 is 4.74 Å². The lowest BCUT2D eigenvalue weighted by Gasteiger charge is -2.06. The summed E-state index contributed by atoms with van der Waals surface area (Å²) >= 11 is 0. The third-order valence-electron chi connectivity index (χ3n) is 1.19. The molecule has 0 N–H and O–H groups in total. The SMILES string of the molecule is CC(C)COc1[c][c]ccc1. The minimum atomic E-state index is 0.559. The highest BCUT2D eigenvalue weighted by Crippen LogP contribution is 2.07. The van der Waals surface area contributed by atoms with Crippen molar-refractivity contribution in [3.05, 3.63) is 30.3 Å². The molecule has 0 aliphatic carbocycles. The van der Waals surface area contributed by atoms with Gasteiger partial charge in [-0.2, -0.15) is 0 Å². The minimum Gasteiger partial charge on any atom is -0.493 e. The molecular weight excluding hydrogens is 136 g/mol. The second kappa shape index (κ2) is 4.02. The molecule has 0 aliphatic rings. The molecule has 0 aliphatic heterocycles. The predicted molar refractivity (Wildman–Crippen MR) is 44.4 cm³/mol. The molecule has 1 aromatic carbocycles. The van der Waals surface area contributed by atoms with Crippen molar-refractivity contribution in [2.75, 3.05) is 6.61 Å². The minimum absolute atomic E-state index is 0.559. The van der Waals surface area contributed by atoms with E-state index in [2.05, 4.69) is 26.0 Å². The molecule has 0 heterocycles. The highest BCUT2D eigenvalue weighted by molar-refractivity contribution is 5.18. The Kier molecular flexibility index (Phi) is 2.96. The number of hydrogen-bond donors (Lipinski definition) is 0. The molecule has 1 nitrogen and oxygen atoms in total. The van der Waals surface area contributed by atoms with E-state index in [1.807, 2.05) is 18.2 Å². The van der Waals surface area contributed by atoms with Crippen LogP contribution in [0.1, 0.15) is 13.8 Å². The third-order valence-corrected chi connectivity index (χ3v) is 1.19. The lowest BCUT2D eigenvalue weighted by atomic mass is 10.2. The van der Waals surface area contributed by atoms with E-state index in [0.29, 0.717) is 5.92 Å². The standard InChI is InChI=1S/C10H12O/c1-9(2)8-11-10-6-4-3-5-7-10/h3-4,6,9H,8H2,1-2H3. The maximum Gasteiger partial charge on any atom is 0.127 e. The first-order valence-corrected chi connectivity index (χ1v) is 3.80. The van der Waals surface area contributed by atoms with Crippen molar-refractivity contribution in [2.45, 2.75) is 13.8 Å². The van der Waals surface area contributed by atoms with Gasteiger partial charge in [0.1, 0.15) is 5.75 Å². The molecule has 1 rings (SSSR count). The molecule has 1 aromatic rings. The quantitative estimate of drug-likeness (QED) is 0.639. The second-order valence-electron chi connectivity index (χ2n) is 2.86. The van der Waals surface area contributed by atoms with E-state index in [0.717, 1.165) is 12.4 Å². The van der Waals surface area contributed by atoms with E-state index in [4.69, 9.17) is 4.74 Å². The molecule has 0 bridgehead atoms. The Morgan fingerprint density at radius 3 is 2.91 bits per heavy atom. The van der Waals surface area contributed by atoms with Crippen molar-refractivity contribution >= 4 is 0 Å². The van der Waals surface area contributed by atoms with Gasteiger partial charge in [0.05, 0.1) is 6.61 Å². The van der Waals surface area contributed by atoms with E-state index in [1.165, 1.54) is 0 Å². The van der Waals surface area contributed by atoms with E-state index in [1.54, 1.807) is 0 Å². The van der Waals surface area contributed by atoms with Crippen molar-refractivity contribution in [3.8, 4) is 5.75 Å². The zero-order valence-corrected chi connectivity index (χ0v) is 6.92. The number of ether oxygens (including phenoxy) is 1. The fourth-order valence-corrected chi connectivity index (χ4v) is 0.679. The highest BCUT2D eigenvalue weighted by Gasteiger charge is 1.94. The first-order chi connectivity index (χ1) is 5.29. The van der Waals surface area contributed by atoms with Crippen LogP contribution >= 0.6 is 0 Å². The Balaban J connectivity index is 2.39. The molecular formula is C10H12O. The summed E-state index contributed by atoms with van der Waals surface area (Å²) in [5, 5.41) is 0. The molecule has 0 unspecified atom stereocenters. The van der Waals surface area contributed by atoms with Crippen molar-refractivity contribution in [1.29, 1.82) is 0 Å². The van der Waals surface area contributed by atoms with Crippen LogP contribution < -0.4 is 4.74 Å². The average Bonchev–Trinajstić information content (AvgIpc) is 2.03. The Hall–Kier alpha value is -0.980. The van der Waals surface area contributed by atoms with Crippen LogP contribution in [0.4, 0.5) is 0 Å². The topological polar surface area (TPSA) is 9.23 Å². The smallest absolute Gasteiger partial charge is 0.127 e. The summed E-state index contributed by atoms with van der Waals surface area (Å²) in [7, 11) is 0. The van der Waals surface area contributed by atoms with Crippen molar-refractivity contribution in [2.24, 2.45) is 5.92 Å². The zero-order chi connectivity index (χ0) is 8.10. The monoisotopic (exact) mass is 148 g/mol. The maximum atomic E-state index is 5.38. The van der Waals surface area contributed by atoms with Gasteiger partial charge in [0.25, 0.3) is 0 Å². The Labute approximate surface area is 68.0 Å². The Morgan fingerprint density at radius 2 is 2.36 bits per heavy atom. The fraction of sp³-hybridized carbons (Fsp3) is 0.400. The number of rotatable bonds is 3. The summed E-state index contributed by atoms with van der Waals surface area (Å²) in [5.74, 6) is 1.34. The van der Waals surface area contributed by atoms with E-state index in [-0.39, 0.29) is 0 Å². The van der Waals surface area contributed by atoms with E-state index >= 15 is 0 Å². The largest absolute Gasteiger partial charge is 0.493 e. The predicted octanol–water partition coefficient (Wildman–Crippen LogP) is 2.32. The molecule has 0 saturated carbocycles. The molecule has 11 heavy (non-hydrogen) atoms. The molecule has 0 atom stereocenters. The van der Waals surface area contributed by atoms with Crippen LogP contribution in [0.2, 0.25) is 0 Å². The van der Waals surface area contributed by atoms with Gasteiger partial charge in [0.15, 0.2) is 0 Å². The van der Waals surface area contributed by atoms with Gasteiger partial charge >= 0.3 is 0 Å². The lowest BCUT2D eigenvalue weighted by Crippen LogP contribution is -2.04. The zero-order valence-electron chi connectivity index (χ0n) is 6.92. The van der Waals surface area contributed by atoms with Gasteiger partial charge in [-0.3, -0.25) is 0 Å². The van der Waals surface area contributed by atoms with Gasteiger partial charge in [-0.15, -0.1) is 0 Å². The Morgan fingerprint density at radius 1 is 1.55 bits per heavy atom. The summed E-state index contributed by atoms with van der Waals surface area (Å²) in [5.41, 5.74) is 0. The van der Waals surface area contributed by atoms with Crippen molar-refractivity contribution in [3.63, 3.8) is 0 Å². The molecule has 0 fully saturated rings. The van der Waals surface area contributed by atoms with Gasteiger partial charge in [0.2, 0.25) is 0 Å². The maximum absolute atomic E-state index is 5.38. The summed E-state index contributed by atoms with van der Waals surface area (Å²) in [6, 6.07) is 11.3. The third kappa shape index (κ3) is 3.08. The van der Waals surface area contributed by atoms with Crippen molar-refractivity contribution in [1.82, 2.24) is 0 Å². The van der Waals surface area contributed by atoms with Crippen LogP contribution in [0, 0.1) is 18.1 Å². The van der Waals surface area contributed by atoms with E-state index < -0.39 is 0 Å². The second-order valence-corrected chi connectivity index (χ2v) is 2.86. The summed E-state index contributed by atoms with van der Waals surface area (Å²) in [4.78, 5) is 0. The van der Waals surface area contributed by atoms with Crippen LogP contribution in [-0.2, 0) is 0 Å². The molecule has 0 saturated heterocycles. The first kappa shape index (κ1) is 8.12. The van der Waals surface area contributed by atoms with Gasteiger partial charge in [-0.1, -0.05) is 26.0 Å². The summed E-state index contributed by atoms with van der Waals surface area (Å²) < 4.78 is 5.38. The highest BCUT2D eigenvalue weighted by atomic mass is 16.5. The fourth-order valence-electron chi connectivity index (χ4n) is 0.679. The van der Waals surface area contributed by atoms with Gasteiger partial charge in [0, 0.05) is 6.07 Å². The normalized spacial score (nSPS) is 10.1. The number of benzene rings is 1. The average molecular weight is 148 g/mol. The van der Waals surface area contributed by atoms with Crippen molar-refractivity contribution < 1.29 is 4.74 Å². The molecule has 2 radical (unpaired) electrons. The molecule has 0 aromatic heterocycles. The molecule has 0 amide bonds. The number of hydrogen-bond acceptors (Lipinski definition) is 1. The van der Waals surface area contributed by atoms with Crippen LogP contribution in [0.25, 0.3) is 0 Å². The van der Waals surface area contributed by atoms with E-state index in [9.17, 15) is 0 Å².